The number of aliphatic hydroxyl groups excluding tert-OH is 1. The van der Waals surface area contributed by atoms with E-state index < -0.39 is 5.97 Å². The van der Waals surface area contributed by atoms with E-state index in [1.807, 2.05) is 0 Å². The van der Waals surface area contributed by atoms with E-state index in [1.165, 1.54) is 6.42 Å². The normalized spacial score (nSPS) is 49.1. The van der Waals surface area contributed by atoms with Gasteiger partial charge in [0.05, 0.1) is 6.10 Å². The number of rotatable bonds is 4. The Bertz CT molecular complexity index is 645. The minimum atomic E-state index is -0.698. The topological polar surface area (TPSA) is 74.6 Å². The third-order valence-electron chi connectivity index (χ3n) is 10.0. The van der Waals surface area contributed by atoms with E-state index >= 15 is 0 Å². The molecular weight excluding hydrogens is 352 g/mol. The number of carboxylic acid groups (broad SMARTS) is 1. The molecule has 158 valence electrons. The van der Waals surface area contributed by atoms with Crippen molar-refractivity contribution in [2.75, 3.05) is 0 Å². The van der Waals surface area contributed by atoms with Gasteiger partial charge in [0.2, 0.25) is 0 Å². The number of hydrogen-bond donors (Lipinski definition) is 2. The van der Waals surface area contributed by atoms with E-state index in [2.05, 4.69) is 20.8 Å². The van der Waals surface area contributed by atoms with Crippen molar-refractivity contribution in [3.63, 3.8) is 0 Å². The van der Waals surface area contributed by atoms with Gasteiger partial charge in [0.25, 0.3) is 0 Å². The van der Waals surface area contributed by atoms with E-state index in [-0.39, 0.29) is 29.3 Å². The standard InChI is InChI=1S/C24H38O4/c1-14(4-7-21(27)28)17-5-6-18-22-19(9-11-24(17,18)3)23(2)10-8-16(25)12-15(23)13-20(22)26/h14-19,22,25H,4-13H2,1-3H3,(H,27,28)/t14-,15?,16-,17?,18?,19?,22?,23?,24?/m1/s1. The Balaban J connectivity index is 1.56. The lowest BCUT2D eigenvalue weighted by atomic mass is 9.44. The predicted octanol–water partition coefficient (Wildman–Crippen LogP) is 4.69. The molecule has 2 N–H and O–H groups in total. The second kappa shape index (κ2) is 7.11. The van der Waals surface area contributed by atoms with Gasteiger partial charge >= 0.3 is 5.97 Å². The number of carboxylic acids is 1. The van der Waals surface area contributed by atoms with Crippen LogP contribution in [0.25, 0.3) is 0 Å². The minimum absolute atomic E-state index is 0.187. The molecule has 4 aliphatic carbocycles. The zero-order chi connectivity index (χ0) is 20.3. The Morgan fingerprint density at radius 3 is 2.50 bits per heavy atom. The summed E-state index contributed by atoms with van der Waals surface area (Å²) in [5, 5.41) is 19.3. The van der Waals surface area contributed by atoms with Crippen LogP contribution in [0.15, 0.2) is 0 Å². The van der Waals surface area contributed by atoms with Crippen LogP contribution in [0.4, 0.5) is 0 Å². The maximum Gasteiger partial charge on any atom is 0.303 e. The smallest absolute Gasteiger partial charge is 0.303 e. The first-order valence-electron chi connectivity index (χ1n) is 11.6. The van der Waals surface area contributed by atoms with Gasteiger partial charge in [-0.1, -0.05) is 20.8 Å². The first-order valence-corrected chi connectivity index (χ1v) is 11.6. The van der Waals surface area contributed by atoms with E-state index in [0.717, 1.165) is 44.9 Å². The van der Waals surface area contributed by atoms with E-state index in [9.17, 15) is 14.7 Å². The highest BCUT2D eigenvalue weighted by atomic mass is 16.4. The fraction of sp³-hybridized carbons (Fsp3) is 0.917. The molecule has 4 rings (SSSR count). The van der Waals surface area contributed by atoms with Crippen LogP contribution in [-0.4, -0.2) is 28.1 Å². The van der Waals surface area contributed by atoms with Crippen LogP contribution in [0.3, 0.4) is 0 Å². The highest BCUT2D eigenvalue weighted by Crippen LogP contribution is 2.67. The molecule has 0 bridgehead atoms. The number of hydrogen-bond acceptors (Lipinski definition) is 3. The molecule has 0 aromatic carbocycles. The molecule has 7 unspecified atom stereocenters. The van der Waals surface area contributed by atoms with Crippen LogP contribution >= 0.6 is 0 Å². The first-order chi connectivity index (χ1) is 13.2. The third-order valence-corrected chi connectivity index (χ3v) is 10.0. The Labute approximate surface area is 169 Å². The highest BCUT2D eigenvalue weighted by Gasteiger charge is 2.62. The van der Waals surface area contributed by atoms with Crippen LogP contribution in [0.5, 0.6) is 0 Å². The number of carbonyl (C=O) groups excluding carboxylic acids is 1. The van der Waals surface area contributed by atoms with Gasteiger partial charge < -0.3 is 10.2 Å². The number of ketones is 1. The van der Waals surface area contributed by atoms with Gasteiger partial charge in [-0.3, -0.25) is 9.59 Å². The van der Waals surface area contributed by atoms with Crippen molar-refractivity contribution < 1.29 is 19.8 Å². The second-order valence-electron chi connectivity index (χ2n) is 11.2. The molecular formula is C24H38O4. The summed E-state index contributed by atoms with van der Waals surface area (Å²) in [5.74, 6) is 2.25. The Hall–Kier alpha value is -0.900. The van der Waals surface area contributed by atoms with Gasteiger partial charge in [-0.15, -0.1) is 0 Å². The van der Waals surface area contributed by atoms with Crippen LogP contribution < -0.4 is 0 Å². The molecule has 0 aromatic heterocycles. The van der Waals surface area contributed by atoms with Gasteiger partial charge in [0, 0.05) is 18.8 Å². The predicted molar refractivity (Wildman–Crippen MR) is 108 cm³/mol. The average Bonchev–Trinajstić information content (AvgIpc) is 2.98. The molecule has 9 atom stereocenters. The molecule has 0 spiro atoms. The Kier molecular flexibility index (Phi) is 5.17. The fourth-order valence-corrected chi connectivity index (χ4v) is 8.44. The maximum atomic E-state index is 13.3. The molecule has 4 saturated carbocycles. The van der Waals surface area contributed by atoms with Crippen molar-refractivity contribution in [3.05, 3.63) is 0 Å². The van der Waals surface area contributed by atoms with Crippen LogP contribution in [-0.2, 0) is 9.59 Å². The molecule has 4 nitrogen and oxygen atoms in total. The monoisotopic (exact) mass is 390 g/mol. The zero-order valence-corrected chi connectivity index (χ0v) is 17.8. The summed E-state index contributed by atoms with van der Waals surface area (Å²) in [4.78, 5) is 24.4. The molecule has 0 aromatic rings. The van der Waals surface area contributed by atoms with E-state index in [0.29, 0.717) is 41.8 Å². The largest absolute Gasteiger partial charge is 0.481 e. The number of aliphatic carboxylic acids is 1. The second-order valence-corrected chi connectivity index (χ2v) is 11.2. The highest BCUT2D eigenvalue weighted by molar-refractivity contribution is 5.83. The van der Waals surface area contributed by atoms with Crippen LogP contribution in [0, 0.1) is 46.3 Å². The maximum absolute atomic E-state index is 13.3. The lowest BCUT2D eigenvalue weighted by molar-refractivity contribution is -0.160. The zero-order valence-electron chi connectivity index (χ0n) is 17.8. The van der Waals surface area contributed by atoms with Gasteiger partial charge in [-0.2, -0.15) is 0 Å². The lowest BCUT2D eigenvalue weighted by Gasteiger charge is -2.60. The third kappa shape index (κ3) is 3.05. The van der Waals surface area contributed by atoms with Gasteiger partial charge in [0.1, 0.15) is 5.78 Å². The molecule has 0 radical (unpaired) electrons. The Morgan fingerprint density at radius 2 is 1.79 bits per heavy atom. The Morgan fingerprint density at radius 1 is 1.11 bits per heavy atom. The molecule has 28 heavy (non-hydrogen) atoms. The van der Waals surface area contributed by atoms with Crippen molar-refractivity contribution in [3.8, 4) is 0 Å². The number of carbonyl (C=O) groups is 2. The molecule has 0 saturated heterocycles. The molecule has 0 heterocycles. The number of Topliss-reactive ketones (excluding diaryl/α,β-unsaturated/α-hetero) is 1. The summed E-state index contributed by atoms with van der Waals surface area (Å²) in [6.07, 6.45) is 8.81. The van der Waals surface area contributed by atoms with Crippen molar-refractivity contribution in [2.24, 2.45) is 46.3 Å². The summed E-state index contributed by atoms with van der Waals surface area (Å²) >= 11 is 0. The summed E-state index contributed by atoms with van der Waals surface area (Å²) < 4.78 is 0. The van der Waals surface area contributed by atoms with Gasteiger partial charge in [0.15, 0.2) is 0 Å². The van der Waals surface area contributed by atoms with Crippen molar-refractivity contribution in [2.45, 2.75) is 91.1 Å². The summed E-state index contributed by atoms with van der Waals surface area (Å²) in [6, 6.07) is 0. The summed E-state index contributed by atoms with van der Waals surface area (Å²) in [5.41, 5.74) is 0.401. The van der Waals surface area contributed by atoms with Crippen LogP contribution in [0.2, 0.25) is 0 Å². The molecule has 4 heteroatoms. The molecule has 0 aliphatic heterocycles. The quantitative estimate of drug-likeness (QED) is 0.730. The van der Waals surface area contributed by atoms with Crippen molar-refractivity contribution in [1.29, 1.82) is 0 Å². The summed E-state index contributed by atoms with van der Waals surface area (Å²) in [6.45, 7) is 7.06. The molecule has 0 amide bonds. The number of fused-ring (bicyclic) bond motifs is 5. The lowest BCUT2D eigenvalue weighted by Crippen LogP contribution is -2.57. The van der Waals surface area contributed by atoms with Crippen molar-refractivity contribution in [1.82, 2.24) is 0 Å². The molecule has 4 aliphatic rings. The van der Waals surface area contributed by atoms with Gasteiger partial charge in [-0.25, -0.2) is 0 Å². The van der Waals surface area contributed by atoms with E-state index in [1.54, 1.807) is 0 Å². The fourth-order valence-electron chi connectivity index (χ4n) is 8.44. The first kappa shape index (κ1) is 20.4. The minimum Gasteiger partial charge on any atom is -0.481 e. The van der Waals surface area contributed by atoms with Crippen molar-refractivity contribution >= 4 is 11.8 Å². The molecule has 4 fully saturated rings. The van der Waals surface area contributed by atoms with E-state index in [4.69, 9.17) is 5.11 Å². The number of aliphatic hydroxyl groups is 1. The SMILES string of the molecule is C[C@H](CCC(=O)O)C1CCC2C3C(=O)CC4C[C@H](O)CCC4(C)C3CCC21C. The average molecular weight is 391 g/mol. The van der Waals surface area contributed by atoms with Crippen LogP contribution in [0.1, 0.15) is 85.0 Å². The van der Waals surface area contributed by atoms with Gasteiger partial charge in [-0.05, 0) is 91.8 Å². The summed E-state index contributed by atoms with van der Waals surface area (Å²) in [7, 11) is 0.